The van der Waals surface area contributed by atoms with Crippen LogP contribution in [0.4, 0.5) is 0 Å². The van der Waals surface area contributed by atoms with Crippen LogP contribution in [0.5, 0.6) is 0 Å². The first kappa shape index (κ1) is 15.5. The van der Waals surface area contributed by atoms with Gasteiger partial charge in [-0.05, 0) is 25.8 Å². The van der Waals surface area contributed by atoms with Gasteiger partial charge >= 0.3 is 0 Å². The summed E-state index contributed by atoms with van der Waals surface area (Å²) in [7, 11) is 1.92. The molecule has 0 radical (unpaired) electrons. The first-order valence-corrected chi connectivity index (χ1v) is 7.62. The van der Waals surface area contributed by atoms with E-state index in [9.17, 15) is 9.59 Å². The maximum atomic E-state index is 12.4. The maximum Gasteiger partial charge on any atom is 0.251 e. The zero-order valence-corrected chi connectivity index (χ0v) is 13.2. The Morgan fingerprint density at radius 2 is 2.30 bits per heavy atom. The number of hydrogen-bond donors (Lipinski definition) is 2. The molecule has 23 heavy (non-hydrogen) atoms. The zero-order chi connectivity index (χ0) is 16.4. The third kappa shape index (κ3) is 3.50. The van der Waals surface area contributed by atoms with Gasteiger partial charge < -0.3 is 19.6 Å². The van der Waals surface area contributed by atoms with Crippen molar-refractivity contribution in [2.45, 2.75) is 31.9 Å². The first-order valence-electron chi connectivity index (χ1n) is 7.62. The second-order valence-corrected chi connectivity index (χ2v) is 5.90. The van der Waals surface area contributed by atoms with E-state index in [0.29, 0.717) is 24.3 Å². The van der Waals surface area contributed by atoms with Crippen LogP contribution in [0.1, 0.15) is 40.7 Å². The summed E-state index contributed by atoms with van der Waals surface area (Å²) in [5, 5.41) is 3.00. The molecule has 3 rings (SSSR count). The number of carbonyl (C=O) groups excluding carboxylic acids is 1. The molecule has 1 saturated heterocycles. The number of rotatable bonds is 3. The van der Waals surface area contributed by atoms with E-state index >= 15 is 0 Å². The number of ether oxygens (including phenoxy) is 1. The Bertz CT molecular complexity index is 765. The Labute approximate surface area is 133 Å². The smallest absolute Gasteiger partial charge is 0.251 e. The van der Waals surface area contributed by atoms with Gasteiger partial charge in [0, 0.05) is 37.0 Å². The lowest BCUT2D eigenvalue weighted by molar-refractivity contribution is -0.00302. The predicted molar refractivity (Wildman–Crippen MR) is 84.2 cm³/mol. The van der Waals surface area contributed by atoms with Crippen molar-refractivity contribution >= 4 is 5.91 Å². The van der Waals surface area contributed by atoms with Gasteiger partial charge in [0.25, 0.3) is 5.91 Å². The van der Waals surface area contributed by atoms with Gasteiger partial charge in [-0.3, -0.25) is 9.59 Å². The number of imidazole rings is 1. The molecule has 2 N–H and O–H groups in total. The van der Waals surface area contributed by atoms with E-state index in [0.717, 1.165) is 12.1 Å². The molecule has 2 aromatic rings. The van der Waals surface area contributed by atoms with Gasteiger partial charge in [-0.15, -0.1) is 0 Å². The number of nitrogens with one attached hydrogen (secondary N) is 2. The van der Waals surface area contributed by atoms with Gasteiger partial charge in [0.1, 0.15) is 6.10 Å². The van der Waals surface area contributed by atoms with E-state index in [1.807, 2.05) is 11.6 Å². The molecular formula is C16H20N4O3. The van der Waals surface area contributed by atoms with Crippen molar-refractivity contribution in [3.05, 3.63) is 52.0 Å². The summed E-state index contributed by atoms with van der Waals surface area (Å²) in [5.74, 6) is -0.227. The quantitative estimate of drug-likeness (QED) is 0.886. The highest BCUT2D eigenvalue weighted by molar-refractivity contribution is 5.94. The first-order chi connectivity index (χ1) is 11.0. The highest BCUT2D eigenvalue weighted by atomic mass is 16.5. The van der Waals surface area contributed by atoms with Crippen LogP contribution in [-0.4, -0.2) is 33.1 Å². The molecule has 122 valence electrons. The number of H-pyrrole nitrogens is 1. The van der Waals surface area contributed by atoms with Gasteiger partial charge in [-0.25, -0.2) is 4.98 Å². The summed E-state index contributed by atoms with van der Waals surface area (Å²) < 4.78 is 7.72. The van der Waals surface area contributed by atoms with Crippen LogP contribution in [-0.2, 0) is 11.8 Å². The second kappa shape index (κ2) is 6.37. The van der Waals surface area contributed by atoms with Crippen molar-refractivity contribution in [1.29, 1.82) is 0 Å². The number of hydrogen-bond acceptors (Lipinski definition) is 4. The molecule has 2 aromatic heterocycles. The van der Waals surface area contributed by atoms with Gasteiger partial charge in [0.2, 0.25) is 5.56 Å². The third-order valence-corrected chi connectivity index (χ3v) is 4.04. The van der Waals surface area contributed by atoms with Crippen molar-refractivity contribution in [3.8, 4) is 0 Å². The highest BCUT2D eigenvalue weighted by Crippen LogP contribution is 2.27. The molecule has 0 unspecified atom stereocenters. The highest BCUT2D eigenvalue weighted by Gasteiger charge is 2.27. The average Bonchev–Trinajstić information content (AvgIpc) is 2.92. The Morgan fingerprint density at radius 3 is 3.00 bits per heavy atom. The van der Waals surface area contributed by atoms with Crippen LogP contribution in [0.2, 0.25) is 0 Å². The minimum atomic E-state index is -0.269. The molecule has 0 aromatic carbocycles. The molecule has 0 bridgehead atoms. The fourth-order valence-electron chi connectivity index (χ4n) is 2.89. The molecule has 7 nitrogen and oxygen atoms in total. The van der Waals surface area contributed by atoms with Crippen molar-refractivity contribution in [2.75, 3.05) is 6.61 Å². The standard InChI is InChI=1S/C16H20N4O3/c1-10-5-11(6-15(21)18-10)16(22)19-12-3-4-23-14(7-12)13-8-17-9-20(13)2/h5-6,8-9,12,14H,3-4,7H2,1-2H3,(H,18,21)(H,19,22)/t12-,14-/m1/s1. The largest absolute Gasteiger partial charge is 0.372 e. The average molecular weight is 316 g/mol. The molecule has 0 spiro atoms. The number of amides is 1. The van der Waals surface area contributed by atoms with Crippen LogP contribution in [0.25, 0.3) is 0 Å². The molecule has 1 fully saturated rings. The fraction of sp³-hybridized carbons (Fsp3) is 0.438. The molecule has 0 saturated carbocycles. The maximum absolute atomic E-state index is 12.4. The van der Waals surface area contributed by atoms with E-state index in [1.165, 1.54) is 6.07 Å². The van der Waals surface area contributed by atoms with Crippen LogP contribution in [0.3, 0.4) is 0 Å². The van der Waals surface area contributed by atoms with Crippen molar-refractivity contribution in [3.63, 3.8) is 0 Å². The van der Waals surface area contributed by atoms with Gasteiger partial charge in [-0.2, -0.15) is 0 Å². The second-order valence-electron chi connectivity index (χ2n) is 5.90. The summed E-state index contributed by atoms with van der Waals surface area (Å²) in [5.41, 5.74) is 1.78. The molecule has 0 aliphatic carbocycles. The van der Waals surface area contributed by atoms with E-state index in [-0.39, 0.29) is 23.6 Å². The molecule has 7 heteroatoms. The number of carbonyl (C=O) groups is 1. The topological polar surface area (TPSA) is 89.0 Å². The van der Waals surface area contributed by atoms with Gasteiger partial charge in [0.15, 0.2) is 0 Å². The summed E-state index contributed by atoms with van der Waals surface area (Å²) in [4.78, 5) is 30.6. The fourth-order valence-corrected chi connectivity index (χ4v) is 2.89. The lowest BCUT2D eigenvalue weighted by atomic mass is 10.0. The number of nitrogens with zero attached hydrogens (tertiary/aromatic N) is 2. The number of aromatic nitrogens is 3. The molecular weight excluding hydrogens is 296 g/mol. The summed E-state index contributed by atoms with van der Waals surface area (Å²) >= 11 is 0. The Morgan fingerprint density at radius 1 is 1.48 bits per heavy atom. The van der Waals surface area contributed by atoms with Crippen molar-refractivity contribution in [2.24, 2.45) is 7.05 Å². The lowest BCUT2D eigenvalue weighted by Gasteiger charge is -2.30. The normalized spacial score (nSPS) is 21.1. The van der Waals surface area contributed by atoms with E-state index < -0.39 is 0 Å². The summed E-state index contributed by atoms with van der Waals surface area (Å²) in [6, 6.07) is 3.00. The minimum absolute atomic E-state index is 0.00995. The Balaban J connectivity index is 1.69. The number of aromatic amines is 1. The monoisotopic (exact) mass is 316 g/mol. The van der Waals surface area contributed by atoms with Crippen LogP contribution < -0.4 is 10.9 Å². The zero-order valence-electron chi connectivity index (χ0n) is 13.2. The molecule has 1 amide bonds. The van der Waals surface area contributed by atoms with Crippen molar-refractivity contribution in [1.82, 2.24) is 19.9 Å². The number of aryl methyl sites for hydroxylation is 2. The van der Waals surface area contributed by atoms with Gasteiger partial charge in [0.05, 0.1) is 18.2 Å². The van der Waals surface area contributed by atoms with Gasteiger partial charge in [-0.1, -0.05) is 0 Å². The predicted octanol–water partition coefficient (Wildman–Crippen LogP) is 1.07. The molecule has 1 aliphatic rings. The van der Waals surface area contributed by atoms with E-state index in [4.69, 9.17) is 4.74 Å². The Kier molecular flexibility index (Phi) is 4.29. The third-order valence-electron chi connectivity index (χ3n) is 4.04. The molecule has 1 aliphatic heterocycles. The van der Waals surface area contributed by atoms with Crippen LogP contribution >= 0.6 is 0 Å². The van der Waals surface area contributed by atoms with Crippen LogP contribution in [0.15, 0.2) is 29.5 Å². The molecule has 3 heterocycles. The summed E-state index contributed by atoms with van der Waals surface area (Å²) in [6.07, 6.45) is 4.88. The SMILES string of the molecule is Cc1cc(C(=O)N[C@@H]2CCO[C@@H](c3cncn3C)C2)cc(=O)[nH]1. The number of pyridine rings is 1. The minimum Gasteiger partial charge on any atom is -0.372 e. The Hall–Kier alpha value is -2.41. The van der Waals surface area contributed by atoms with Crippen LogP contribution in [0, 0.1) is 6.92 Å². The molecule has 2 atom stereocenters. The van der Waals surface area contributed by atoms with E-state index in [1.54, 1.807) is 25.5 Å². The van der Waals surface area contributed by atoms with E-state index in [2.05, 4.69) is 15.3 Å². The van der Waals surface area contributed by atoms with Crippen molar-refractivity contribution < 1.29 is 9.53 Å². The summed E-state index contributed by atoms with van der Waals surface area (Å²) in [6.45, 7) is 2.33. The lowest BCUT2D eigenvalue weighted by Crippen LogP contribution is -2.40.